The fourth-order valence-electron chi connectivity index (χ4n) is 1.73. The van der Waals surface area contributed by atoms with Crippen molar-refractivity contribution in [2.45, 2.75) is 19.2 Å². The van der Waals surface area contributed by atoms with Crippen LogP contribution in [-0.4, -0.2) is 17.3 Å². The van der Waals surface area contributed by atoms with Gasteiger partial charge in [-0.3, -0.25) is 4.79 Å². The number of anilines is 1. The number of thiocarbonyl (C=S) groups is 1. The van der Waals surface area contributed by atoms with Gasteiger partial charge in [0.05, 0.1) is 10.4 Å². The molecule has 0 unspecified atom stereocenters. The van der Waals surface area contributed by atoms with Crippen LogP contribution >= 0.6 is 12.2 Å². The number of carbonyl (C=O) groups is 1. The van der Waals surface area contributed by atoms with Crippen molar-refractivity contribution in [3.63, 3.8) is 0 Å². The summed E-state index contributed by atoms with van der Waals surface area (Å²) in [5, 5.41) is 2.50. The molecule has 1 fully saturated rings. The fraction of sp³-hybridized carbons (Fsp3) is 0.333. The highest BCUT2D eigenvalue weighted by atomic mass is 32.1. The first-order valence-corrected chi connectivity index (χ1v) is 6.11. The quantitative estimate of drug-likeness (QED) is 0.839. The summed E-state index contributed by atoms with van der Waals surface area (Å²) in [5.74, 6) is -0.815. The van der Waals surface area contributed by atoms with Gasteiger partial charge < -0.3 is 15.8 Å². The molecular weight excluding hydrogens is 293 g/mol. The van der Waals surface area contributed by atoms with E-state index in [1.54, 1.807) is 0 Å². The van der Waals surface area contributed by atoms with E-state index in [4.69, 9.17) is 18.0 Å². The van der Waals surface area contributed by atoms with Gasteiger partial charge in [0, 0.05) is 11.8 Å². The Morgan fingerprint density at radius 3 is 2.55 bits per heavy atom. The molecule has 0 atom stereocenters. The summed E-state index contributed by atoms with van der Waals surface area (Å²) < 4.78 is 40.1. The van der Waals surface area contributed by atoms with E-state index in [1.165, 1.54) is 12.1 Å². The van der Waals surface area contributed by atoms with Crippen LogP contribution in [0.15, 0.2) is 24.3 Å². The molecule has 1 aliphatic carbocycles. The second kappa shape index (κ2) is 4.93. The Kier molecular flexibility index (Phi) is 3.59. The number of rotatable bonds is 4. The maximum atomic E-state index is 12.1. The van der Waals surface area contributed by atoms with Crippen LogP contribution in [0.4, 0.5) is 18.9 Å². The Bertz CT molecular complexity index is 556. The number of benzene rings is 1. The average molecular weight is 304 g/mol. The van der Waals surface area contributed by atoms with Crippen molar-refractivity contribution in [2.24, 2.45) is 11.1 Å². The molecule has 0 heterocycles. The Hall–Kier alpha value is -1.83. The van der Waals surface area contributed by atoms with Crippen LogP contribution < -0.4 is 15.8 Å². The van der Waals surface area contributed by atoms with E-state index in [-0.39, 0.29) is 10.7 Å². The molecular formula is C12H11F3N2O2S. The number of hydrogen-bond donors (Lipinski definition) is 2. The summed E-state index contributed by atoms with van der Waals surface area (Å²) in [6.45, 7) is 0. The average Bonchev–Trinajstić information content (AvgIpc) is 3.07. The second-order valence-corrected chi connectivity index (χ2v) is 4.92. The first kappa shape index (κ1) is 14.6. The number of nitrogens with one attached hydrogen (secondary N) is 1. The summed E-state index contributed by atoms with van der Waals surface area (Å²) in [4.78, 5) is 12.1. The van der Waals surface area contributed by atoms with Gasteiger partial charge in [0.2, 0.25) is 5.91 Å². The van der Waals surface area contributed by atoms with Crippen molar-refractivity contribution in [3.8, 4) is 5.75 Å². The maximum Gasteiger partial charge on any atom is 0.573 e. The lowest BCUT2D eigenvalue weighted by Gasteiger charge is -2.14. The van der Waals surface area contributed by atoms with Crippen LogP contribution in [0.25, 0.3) is 0 Å². The van der Waals surface area contributed by atoms with Gasteiger partial charge in [-0.1, -0.05) is 18.3 Å². The molecule has 1 aromatic rings. The molecule has 108 valence electrons. The minimum absolute atomic E-state index is 0.0951. The number of ether oxygens (including phenoxy) is 1. The fourth-order valence-corrected chi connectivity index (χ4v) is 2.03. The highest BCUT2D eigenvalue weighted by molar-refractivity contribution is 7.80. The van der Waals surface area contributed by atoms with Crippen LogP contribution in [0.3, 0.4) is 0 Å². The van der Waals surface area contributed by atoms with Crippen LogP contribution in [0.5, 0.6) is 5.75 Å². The zero-order chi connectivity index (χ0) is 15.0. The third-order valence-corrected chi connectivity index (χ3v) is 3.37. The van der Waals surface area contributed by atoms with Crippen LogP contribution in [-0.2, 0) is 4.79 Å². The van der Waals surface area contributed by atoms with Gasteiger partial charge in [-0.2, -0.15) is 0 Å². The zero-order valence-electron chi connectivity index (χ0n) is 10.2. The van der Waals surface area contributed by atoms with E-state index in [2.05, 4.69) is 10.1 Å². The Morgan fingerprint density at radius 1 is 1.40 bits per heavy atom. The van der Waals surface area contributed by atoms with Gasteiger partial charge in [-0.25, -0.2) is 0 Å². The molecule has 1 aromatic carbocycles. The summed E-state index contributed by atoms with van der Waals surface area (Å²) in [6.07, 6.45) is -3.68. The number of halogens is 3. The molecule has 0 aromatic heterocycles. The van der Waals surface area contributed by atoms with E-state index < -0.39 is 23.4 Å². The van der Waals surface area contributed by atoms with Crippen molar-refractivity contribution in [1.29, 1.82) is 0 Å². The van der Waals surface area contributed by atoms with Gasteiger partial charge in [-0.15, -0.1) is 13.2 Å². The normalized spacial score (nSPS) is 16.4. The maximum absolute atomic E-state index is 12.1. The molecule has 2 rings (SSSR count). The molecule has 0 radical (unpaired) electrons. The second-order valence-electron chi connectivity index (χ2n) is 4.48. The molecule has 20 heavy (non-hydrogen) atoms. The minimum Gasteiger partial charge on any atom is -0.406 e. The van der Waals surface area contributed by atoms with E-state index in [0.29, 0.717) is 12.8 Å². The van der Waals surface area contributed by atoms with Crippen molar-refractivity contribution in [1.82, 2.24) is 0 Å². The Balaban J connectivity index is 2.09. The predicted octanol–water partition coefficient (Wildman–Crippen LogP) is 2.59. The molecule has 8 heteroatoms. The van der Waals surface area contributed by atoms with Gasteiger partial charge in [-0.05, 0) is 25.0 Å². The highest BCUT2D eigenvalue weighted by Crippen LogP contribution is 2.46. The monoisotopic (exact) mass is 304 g/mol. The molecule has 4 nitrogen and oxygen atoms in total. The zero-order valence-corrected chi connectivity index (χ0v) is 11.0. The van der Waals surface area contributed by atoms with E-state index in [9.17, 15) is 18.0 Å². The highest BCUT2D eigenvalue weighted by Gasteiger charge is 2.52. The molecule has 0 saturated heterocycles. The standard InChI is InChI=1S/C12H11F3N2O2S/c13-12(14,15)19-8-3-1-2-7(6-8)17-10(18)11(4-5-11)9(16)20/h1-3,6H,4-5H2,(H2,16,20)(H,17,18). The van der Waals surface area contributed by atoms with Gasteiger partial charge >= 0.3 is 6.36 Å². The SMILES string of the molecule is NC(=S)C1(C(=O)Nc2cccc(OC(F)(F)F)c2)CC1. The first-order valence-electron chi connectivity index (χ1n) is 5.70. The van der Waals surface area contributed by atoms with Crippen molar-refractivity contribution >= 4 is 28.8 Å². The number of amides is 1. The molecule has 1 amide bonds. The lowest BCUT2D eigenvalue weighted by Crippen LogP contribution is -2.35. The van der Waals surface area contributed by atoms with E-state index in [0.717, 1.165) is 12.1 Å². The molecule has 0 spiro atoms. The summed E-state index contributed by atoms with van der Waals surface area (Å²) in [6, 6.07) is 5.03. The lowest BCUT2D eigenvalue weighted by atomic mass is 10.1. The minimum atomic E-state index is -4.78. The summed E-state index contributed by atoms with van der Waals surface area (Å²) in [7, 11) is 0. The smallest absolute Gasteiger partial charge is 0.406 e. The molecule has 0 aliphatic heterocycles. The molecule has 0 bridgehead atoms. The Labute approximate surface area is 118 Å². The topological polar surface area (TPSA) is 64.4 Å². The van der Waals surface area contributed by atoms with Crippen molar-refractivity contribution in [3.05, 3.63) is 24.3 Å². The number of alkyl halides is 3. The van der Waals surface area contributed by atoms with E-state index in [1.807, 2.05) is 0 Å². The van der Waals surface area contributed by atoms with Crippen LogP contribution in [0, 0.1) is 5.41 Å². The van der Waals surface area contributed by atoms with Crippen LogP contribution in [0.1, 0.15) is 12.8 Å². The molecule has 1 aliphatic rings. The van der Waals surface area contributed by atoms with Gasteiger partial charge in [0.1, 0.15) is 5.75 Å². The van der Waals surface area contributed by atoms with Gasteiger partial charge in [0.15, 0.2) is 0 Å². The number of hydrogen-bond acceptors (Lipinski definition) is 3. The summed E-state index contributed by atoms with van der Waals surface area (Å²) >= 11 is 4.83. The molecule has 1 saturated carbocycles. The third kappa shape index (κ3) is 3.19. The van der Waals surface area contributed by atoms with E-state index >= 15 is 0 Å². The third-order valence-electron chi connectivity index (χ3n) is 2.98. The number of nitrogens with two attached hydrogens (primary N) is 1. The first-order chi connectivity index (χ1) is 9.23. The predicted molar refractivity (Wildman–Crippen MR) is 70.2 cm³/mol. The molecule has 3 N–H and O–H groups in total. The van der Waals surface area contributed by atoms with Gasteiger partial charge in [0.25, 0.3) is 0 Å². The van der Waals surface area contributed by atoms with Crippen molar-refractivity contribution < 1.29 is 22.7 Å². The lowest BCUT2D eigenvalue weighted by molar-refractivity contribution is -0.274. The number of carbonyl (C=O) groups excluding carboxylic acids is 1. The van der Waals surface area contributed by atoms with Crippen molar-refractivity contribution in [2.75, 3.05) is 5.32 Å². The Morgan fingerprint density at radius 2 is 2.05 bits per heavy atom. The van der Waals surface area contributed by atoms with Crippen LogP contribution in [0.2, 0.25) is 0 Å². The largest absolute Gasteiger partial charge is 0.573 e. The summed E-state index contributed by atoms with van der Waals surface area (Å²) in [5.41, 5.74) is 4.83.